The van der Waals surface area contributed by atoms with Gasteiger partial charge in [-0.3, -0.25) is 4.79 Å². The first-order valence-electron chi connectivity index (χ1n) is 9.86. The first-order valence-corrected chi connectivity index (χ1v) is 9.86. The Morgan fingerprint density at radius 1 is 1.24 bits per heavy atom. The van der Waals surface area contributed by atoms with Crippen LogP contribution in [0.15, 0.2) is 42.5 Å². The molecule has 7 heteroatoms. The summed E-state index contributed by atoms with van der Waals surface area (Å²) in [5.41, 5.74) is 2.88. The number of ether oxygens (including phenoxy) is 2. The third-order valence-corrected chi connectivity index (χ3v) is 5.42. The summed E-state index contributed by atoms with van der Waals surface area (Å²) in [6, 6.07) is 13.6. The lowest BCUT2D eigenvalue weighted by molar-refractivity contribution is -0.125. The normalized spacial score (nSPS) is 16.6. The molecule has 2 aromatic carbocycles. The summed E-state index contributed by atoms with van der Waals surface area (Å²) in [5.74, 6) is 2.26. The van der Waals surface area contributed by atoms with Crippen LogP contribution in [-0.2, 0) is 11.3 Å². The van der Waals surface area contributed by atoms with E-state index in [-0.39, 0.29) is 11.8 Å². The maximum atomic E-state index is 12.8. The molecule has 152 valence electrons. The summed E-state index contributed by atoms with van der Waals surface area (Å²) in [5, 5.41) is 3.06. The second kappa shape index (κ2) is 8.43. The highest BCUT2D eigenvalue weighted by atomic mass is 16.5. The number of hydrogen-bond donors (Lipinski definition) is 2. The lowest BCUT2D eigenvalue weighted by Gasteiger charge is -2.31. The predicted octanol–water partition coefficient (Wildman–Crippen LogP) is 3.11. The SMILES string of the molecule is COc1ccc(CNC(=O)[C@@H]2CCCN(c3nc4ccccc4[nH]3)C2)c(OC)c1. The molecule has 1 saturated heterocycles. The number of anilines is 1. The van der Waals surface area contributed by atoms with Gasteiger partial charge in [0.15, 0.2) is 0 Å². The van der Waals surface area contributed by atoms with E-state index in [2.05, 4.69) is 20.2 Å². The minimum atomic E-state index is -0.0683. The first kappa shape index (κ1) is 19.1. The number of para-hydroxylation sites is 2. The summed E-state index contributed by atoms with van der Waals surface area (Å²) in [7, 11) is 3.24. The minimum Gasteiger partial charge on any atom is -0.497 e. The van der Waals surface area contributed by atoms with Crippen LogP contribution in [0.2, 0.25) is 0 Å². The molecule has 29 heavy (non-hydrogen) atoms. The van der Waals surface area contributed by atoms with E-state index < -0.39 is 0 Å². The van der Waals surface area contributed by atoms with Crippen molar-refractivity contribution in [1.82, 2.24) is 15.3 Å². The Balaban J connectivity index is 1.40. The zero-order valence-electron chi connectivity index (χ0n) is 16.8. The van der Waals surface area contributed by atoms with Crippen LogP contribution < -0.4 is 19.7 Å². The third kappa shape index (κ3) is 4.13. The second-order valence-electron chi connectivity index (χ2n) is 7.26. The number of benzene rings is 2. The highest BCUT2D eigenvalue weighted by Crippen LogP contribution is 2.26. The molecule has 0 aliphatic carbocycles. The lowest BCUT2D eigenvalue weighted by atomic mass is 9.97. The van der Waals surface area contributed by atoms with Gasteiger partial charge < -0.3 is 24.7 Å². The van der Waals surface area contributed by atoms with Gasteiger partial charge in [-0.1, -0.05) is 12.1 Å². The van der Waals surface area contributed by atoms with E-state index in [4.69, 9.17) is 9.47 Å². The third-order valence-electron chi connectivity index (χ3n) is 5.42. The number of amides is 1. The minimum absolute atomic E-state index is 0.0590. The molecule has 1 atom stereocenters. The van der Waals surface area contributed by atoms with E-state index in [1.54, 1.807) is 14.2 Å². The molecule has 0 unspecified atom stereocenters. The van der Waals surface area contributed by atoms with Crippen LogP contribution in [0.1, 0.15) is 18.4 Å². The van der Waals surface area contributed by atoms with Crippen molar-refractivity contribution in [2.75, 3.05) is 32.2 Å². The van der Waals surface area contributed by atoms with Gasteiger partial charge in [0.2, 0.25) is 11.9 Å². The Bertz CT molecular complexity index is 968. The van der Waals surface area contributed by atoms with Gasteiger partial charge in [0, 0.05) is 31.3 Å². The van der Waals surface area contributed by atoms with Crippen LogP contribution in [0.4, 0.5) is 5.95 Å². The maximum absolute atomic E-state index is 12.8. The van der Waals surface area contributed by atoms with Crippen LogP contribution in [0.5, 0.6) is 11.5 Å². The Kier molecular flexibility index (Phi) is 5.55. The van der Waals surface area contributed by atoms with Gasteiger partial charge in [-0.05, 0) is 37.1 Å². The molecule has 7 nitrogen and oxygen atoms in total. The van der Waals surface area contributed by atoms with Gasteiger partial charge in [-0.2, -0.15) is 0 Å². The van der Waals surface area contributed by atoms with E-state index in [1.807, 2.05) is 42.5 Å². The predicted molar refractivity (Wildman–Crippen MR) is 112 cm³/mol. The largest absolute Gasteiger partial charge is 0.497 e. The van der Waals surface area contributed by atoms with Crippen molar-refractivity contribution in [3.05, 3.63) is 48.0 Å². The second-order valence-corrected chi connectivity index (χ2v) is 7.26. The van der Waals surface area contributed by atoms with Crippen molar-refractivity contribution in [3.8, 4) is 11.5 Å². The summed E-state index contributed by atoms with van der Waals surface area (Å²) in [4.78, 5) is 23.0. The Morgan fingerprint density at radius 3 is 2.90 bits per heavy atom. The standard InChI is InChI=1S/C22H26N4O3/c1-28-17-10-9-15(20(12-17)29-2)13-23-21(27)16-6-5-11-26(14-16)22-24-18-7-3-4-8-19(18)25-22/h3-4,7-10,12,16H,5-6,11,13-14H2,1-2H3,(H,23,27)(H,24,25)/t16-/m1/s1. The van der Waals surface area contributed by atoms with Gasteiger partial charge in [0.05, 0.1) is 31.2 Å². The summed E-state index contributed by atoms with van der Waals surface area (Å²) in [6.45, 7) is 1.98. The topological polar surface area (TPSA) is 79.5 Å². The summed E-state index contributed by atoms with van der Waals surface area (Å²) >= 11 is 0. The van der Waals surface area contributed by atoms with E-state index in [0.717, 1.165) is 47.7 Å². The Morgan fingerprint density at radius 2 is 2.10 bits per heavy atom. The molecule has 0 spiro atoms. The van der Waals surface area contributed by atoms with Crippen molar-refractivity contribution in [2.45, 2.75) is 19.4 Å². The molecule has 0 radical (unpaired) electrons. The molecule has 1 fully saturated rings. The average molecular weight is 394 g/mol. The maximum Gasteiger partial charge on any atom is 0.225 e. The molecule has 4 rings (SSSR count). The number of carbonyl (C=O) groups excluding carboxylic acids is 1. The molecule has 2 N–H and O–H groups in total. The Labute approximate surface area is 170 Å². The number of aromatic nitrogens is 2. The van der Waals surface area contributed by atoms with E-state index in [1.165, 1.54) is 0 Å². The van der Waals surface area contributed by atoms with Gasteiger partial charge in [-0.25, -0.2) is 4.98 Å². The number of aromatic amines is 1. The fourth-order valence-corrected chi connectivity index (χ4v) is 3.80. The van der Waals surface area contributed by atoms with Crippen LogP contribution in [-0.4, -0.2) is 43.2 Å². The number of carbonyl (C=O) groups is 1. The quantitative estimate of drug-likeness (QED) is 0.672. The van der Waals surface area contributed by atoms with Crippen molar-refractivity contribution in [3.63, 3.8) is 0 Å². The van der Waals surface area contributed by atoms with Gasteiger partial charge in [0.1, 0.15) is 11.5 Å². The number of fused-ring (bicyclic) bond motifs is 1. The molecule has 1 aliphatic heterocycles. The van der Waals surface area contributed by atoms with Crippen molar-refractivity contribution in [2.24, 2.45) is 5.92 Å². The monoisotopic (exact) mass is 394 g/mol. The summed E-state index contributed by atoms with van der Waals surface area (Å²) < 4.78 is 10.6. The number of nitrogens with zero attached hydrogens (tertiary/aromatic N) is 2. The molecule has 0 bridgehead atoms. The highest BCUT2D eigenvalue weighted by molar-refractivity contribution is 5.80. The van der Waals surface area contributed by atoms with Gasteiger partial charge in [-0.15, -0.1) is 0 Å². The smallest absolute Gasteiger partial charge is 0.225 e. The summed E-state index contributed by atoms with van der Waals surface area (Å²) in [6.07, 6.45) is 1.84. The fraction of sp³-hybridized carbons (Fsp3) is 0.364. The number of methoxy groups -OCH3 is 2. The van der Waals surface area contributed by atoms with Crippen LogP contribution >= 0.6 is 0 Å². The van der Waals surface area contributed by atoms with Crippen molar-refractivity contribution < 1.29 is 14.3 Å². The van der Waals surface area contributed by atoms with Crippen LogP contribution in [0.3, 0.4) is 0 Å². The molecular weight excluding hydrogens is 368 g/mol. The molecule has 1 aliphatic rings. The van der Waals surface area contributed by atoms with Gasteiger partial charge >= 0.3 is 0 Å². The zero-order chi connectivity index (χ0) is 20.2. The molecular formula is C22H26N4O3. The van der Waals surface area contributed by atoms with Crippen LogP contribution in [0, 0.1) is 5.92 Å². The number of imidazole rings is 1. The molecule has 0 saturated carbocycles. The van der Waals surface area contributed by atoms with Crippen molar-refractivity contribution >= 4 is 22.9 Å². The van der Waals surface area contributed by atoms with Crippen molar-refractivity contribution in [1.29, 1.82) is 0 Å². The first-order chi connectivity index (χ1) is 14.2. The molecule has 3 aromatic rings. The molecule has 1 amide bonds. The molecule has 2 heterocycles. The zero-order valence-corrected chi connectivity index (χ0v) is 16.8. The van der Waals surface area contributed by atoms with Gasteiger partial charge in [0.25, 0.3) is 0 Å². The number of nitrogens with one attached hydrogen (secondary N) is 2. The fourth-order valence-electron chi connectivity index (χ4n) is 3.80. The van der Waals surface area contributed by atoms with E-state index in [9.17, 15) is 4.79 Å². The number of hydrogen-bond acceptors (Lipinski definition) is 5. The number of rotatable bonds is 6. The van der Waals surface area contributed by atoms with E-state index in [0.29, 0.717) is 18.8 Å². The molecule has 1 aromatic heterocycles. The van der Waals surface area contributed by atoms with E-state index >= 15 is 0 Å². The number of H-pyrrole nitrogens is 1. The number of piperidine rings is 1. The Hall–Kier alpha value is -3.22. The average Bonchev–Trinajstić information content (AvgIpc) is 3.22. The lowest BCUT2D eigenvalue weighted by Crippen LogP contribution is -2.43. The van der Waals surface area contributed by atoms with Crippen LogP contribution in [0.25, 0.3) is 11.0 Å². The highest BCUT2D eigenvalue weighted by Gasteiger charge is 2.27.